The normalized spacial score (nSPS) is 14.6. The smallest absolute Gasteiger partial charge is 0.272 e. The highest BCUT2D eigenvalue weighted by Crippen LogP contribution is 2.19. The molecule has 86 valence electrons. The third kappa shape index (κ3) is 2.92. The van der Waals surface area contributed by atoms with E-state index >= 15 is 0 Å². The lowest BCUT2D eigenvalue weighted by molar-refractivity contribution is 0.0945. The first-order chi connectivity index (χ1) is 7.79. The van der Waals surface area contributed by atoms with Crippen molar-refractivity contribution in [2.75, 3.05) is 11.9 Å². The second-order valence-electron chi connectivity index (χ2n) is 3.98. The molecular formula is C11H16N4O. The van der Waals surface area contributed by atoms with Gasteiger partial charge in [-0.2, -0.15) is 0 Å². The first kappa shape index (κ1) is 10.9. The Kier molecular flexibility index (Phi) is 3.34. The summed E-state index contributed by atoms with van der Waals surface area (Å²) >= 11 is 0. The van der Waals surface area contributed by atoms with Gasteiger partial charge >= 0.3 is 0 Å². The Morgan fingerprint density at radius 2 is 2.25 bits per heavy atom. The summed E-state index contributed by atoms with van der Waals surface area (Å²) in [6, 6.07) is 3.83. The highest BCUT2D eigenvalue weighted by atomic mass is 16.2. The number of nitrogens with zero attached hydrogens (tertiary/aromatic N) is 2. The maximum atomic E-state index is 11.6. The molecule has 0 radical (unpaired) electrons. The van der Waals surface area contributed by atoms with E-state index < -0.39 is 0 Å². The molecule has 1 amide bonds. The van der Waals surface area contributed by atoms with Crippen LogP contribution in [0, 0.1) is 0 Å². The van der Waals surface area contributed by atoms with Crippen LogP contribution in [0.3, 0.4) is 0 Å². The van der Waals surface area contributed by atoms with Crippen LogP contribution >= 0.6 is 0 Å². The number of amides is 1. The van der Waals surface area contributed by atoms with Gasteiger partial charge in [0, 0.05) is 12.6 Å². The van der Waals surface area contributed by atoms with Gasteiger partial charge in [0.25, 0.3) is 5.91 Å². The van der Waals surface area contributed by atoms with Crippen molar-refractivity contribution in [1.29, 1.82) is 0 Å². The third-order valence-corrected chi connectivity index (χ3v) is 2.37. The molecule has 2 N–H and O–H groups in total. The van der Waals surface area contributed by atoms with Gasteiger partial charge in [0.05, 0.1) is 0 Å². The zero-order valence-electron chi connectivity index (χ0n) is 9.36. The molecule has 1 saturated carbocycles. The van der Waals surface area contributed by atoms with E-state index in [1.807, 2.05) is 0 Å². The Balaban J connectivity index is 1.92. The van der Waals surface area contributed by atoms with Crippen molar-refractivity contribution < 1.29 is 4.79 Å². The second kappa shape index (κ2) is 4.92. The zero-order valence-corrected chi connectivity index (χ0v) is 9.36. The minimum Gasteiger partial charge on any atom is -0.369 e. The predicted molar refractivity (Wildman–Crippen MR) is 61.3 cm³/mol. The van der Waals surface area contributed by atoms with E-state index in [0.717, 1.165) is 25.8 Å². The van der Waals surface area contributed by atoms with Gasteiger partial charge in [-0.05, 0) is 31.4 Å². The molecule has 1 fully saturated rings. The Labute approximate surface area is 94.6 Å². The van der Waals surface area contributed by atoms with Gasteiger partial charge in [-0.15, -0.1) is 10.2 Å². The van der Waals surface area contributed by atoms with Crippen LogP contribution in [-0.2, 0) is 0 Å². The van der Waals surface area contributed by atoms with Crippen LogP contribution in [-0.4, -0.2) is 28.7 Å². The summed E-state index contributed by atoms with van der Waals surface area (Å²) in [7, 11) is 0. The summed E-state index contributed by atoms with van der Waals surface area (Å²) in [5.41, 5.74) is 0.383. The van der Waals surface area contributed by atoms with Crippen molar-refractivity contribution in [2.45, 2.75) is 32.2 Å². The molecule has 0 aromatic carbocycles. The Morgan fingerprint density at radius 1 is 1.44 bits per heavy atom. The molecule has 1 aliphatic rings. The largest absolute Gasteiger partial charge is 0.369 e. The minimum absolute atomic E-state index is 0.128. The van der Waals surface area contributed by atoms with Crippen LogP contribution in [0.5, 0.6) is 0 Å². The number of rotatable bonds is 5. The molecule has 2 rings (SSSR count). The van der Waals surface area contributed by atoms with Crippen LogP contribution in [0.1, 0.15) is 36.7 Å². The molecule has 5 nitrogen and oxygen atoms in total. The van der Waals surface area contributed by atoms with E-state index in [0.29, 0.717) is 17.6 Å². The van der Waals surface area contributed by atoms with E-state index in [2.05, 4.69) is 27.8 Å². The highest BCUT2D eigenvalue weighted by Gasteiger charge is 2.24. The topological polar surface area (TPSA) is 66.9 Å². The molecule has 5 heteroatoms. The first-order valence-electron chi connectivity index (χ1n) is 5.68. The molecule has 16 heavy (non-hydrogen) atoms. The third-order valence-electron chi connectivity index (χ3n) is 2.37. The Morgan fingerprint density at radius 3 is 2.81 bits per heavy atom. The lowest BCUT2D eigenvalue weighted by Gasteiger charge is -2.04. The van der Waals surface area contributed by atoms with Crippen molar-refractivity contribution in [3.8, 4) is 0 Å². The van der Waals surface area contributed by atoms with Crippen LogP contribution in [0.25, 0.3) is 0 Å². The standard InChI is InChI=1S/C11H16N4O/c1-2-7-12-10-6-5-9(14-15-10)11(16)13-8-3-4-8/h5-6,8H,2-4,7H2,1H3,(H,12,15)(H,13,16). The lowest BCUT2D eigenvalue weighted by atomic mass is 10.3. The summed E-state index contributed by atoms with van der Waals surface area (Å²) in [5.74, 6) is 0.585. The maximum Gasteiger partial charge on any atom is 0.272 e. The average Bonchev–Trinajstić information content (AvgIpc) is 3.11. The van der Waals surface area contributed by atoms with E-state index in [1.54, 1.807) is 12.1 Å². The number of nitrogens with one attached hydrogen (secondary N) is 2. The van der Waals surface area contributed by atoms with Crippen LogP contribution in [0.2, 0.25) is 0 Å². The molecule has 1 heterocycles. The predicted octanol–water partition coefficient (Wildman–Crippen LogP) is 1.19. The second-order valence-corrected chi connectivity index (χ2v) is 3.98. The van der Waals surface area contributed by atoms with Gasteiger partial charge in [-0.1, -0.05) is 6.92 Å². The summed E-state index contributed by atoms with van der Waals surface area (Å²) in [6.45, 7) is 2.94. The molecular weight excluding hydrogens is 204 g/mol. The SMILES string of the molecule is CCCNc1ccc(C(=O)NC2CC2)nn1. The number of hydrogen-bond donors (Lipinski definition) is 2. The fourth-order valence-corrected chi connectivity index (χ4v) is 1.29. The number of aromatic nitrogens is 2. The summed E-state index contributed by atoms with van der Waals surface area (Å²) in [6.07, 6.45) is 3.19. The molecule has 1 aromatic rings. The molecule has 1 aromatic heterocycles. The first-order valence-corrected chi connectivity index (χ1v) is 5.68. The quantitative estimate of drug-likeness (QED) is 0.782. The molecule has 1 aliphatic carbocycles. The summed E-state index contributed by atoms with van der Waals surface area (Å²) in [5, 5.41) is 13.8. The number of carbonyl (C=O) groups is 1. The fraction of sp³-hybridized carbons (Fsp3) is 0.545. The molecule has 0 unspecified atom stereocenters. The fourth-order valence-electron chi connectivity index (χ4n) is 1.29. The van der Waals surface area contributed by atoms with E-state index in [-0.39, 0.29) is 5.91 Å². The van der Waals surface area contributed by atoms with Crippen molar-refractivity contribution >= 4 is 11.7 Å². The van der Waals surface area contributed by atoms with Crippen LogP contribution in [0.15, 0.2) is 12.1 Å². The zero-order chi connectivity index (χ0) is 11.4. The van der Waals surface area contributed by atoms with Gasteiger partial charge in [0.1, 0.15) is 5.82 Å². The van der Waals surface area contributed by atoms with Crippen molar-refractivity contribution in [3.05, 3.63) is 17.8 Å². The summed E-state index contributed by atoms with van der Waals surface area (Å²) < 4.78 is 0. The molecule has 0 saturated heterocycles. The molecule has 0 atom stereocenters. The van der Waals surface area contributed by atoms with Crippen LogP contribution in [0.4, 0.5) is 5.82 Å². The average molecular weight is 220 g/mol. The maximum absolute atomic E-state index is 11.6. The molecule has 0 spiro atoms. The molecule has 0 aliphatic heterocycles. The number of hydrogen-bond acceptors (Lipinski definition) is 4. The van der Waals surface area contributed by atoms with Gasteiger partial charge in [-0.25, -0.2) is 0 Å². The number of carbonyl (C=O) groups excluding carboxylic acids is 1. The highest BCUT2D eigenvalue weighted by molar-refractivity contribution is 5.92. The van der Waals surface area contributed by atoms with Crippen molar-refractivity contribution in [2.24, 2.45) is 0 Å². The van der Waals surface area contributed by atoms with Gasteiger partial charge in [-0.3, -0.25) is 4.79 Å². The summed E-state index contributed by atoms with van der Waals surface area (Å²) in [4.78, 5) is 11.6. The molecule has 0 bridgehead atoms. The van der Waals surface area contributed by atoms with E-state index in [9.17, 15) is 4.79 Å². The Hall–Kier alpha value is -1.65. The van der Waals surface area contributed by atoms with Gasteiger partial charge < -0.3 is 10.6 Å². The van der Waals surface area contributed by atoms with E-state index in [1.165, 1.54) is 0 Å². The van der Waals surface area contributed by atoms with Crippen LogP contribution < -0.4 is 10.6 Å². The van der Waals surface area contributed by atoms with Crippen molar-refractivity contribution in [1.82, 2.24) is 15.5 Å². The Bertz CT molecular complexity index is 359. The minimum atomic E-state index is -0.128. The van der Waals surface area contributed by atoms with Gasteiger partial charge in [0.2, 0.25) is 0 Å². The van der Waals surface area contributed by atoms with Crippen molar-refractivity contribution in [3.63, 3.8) is 0 Å². The lowest BCUT2D eigenvalue weighted by Crippen LogP contribution is -2.26. The number of anilines is 1. The van der Waals surface area contributed by atoms with Gasteiger partial charge in [0.15, 0.2) is 5.69 Å². The monoisotopic (exact) mass is 220 g/mol. The van der Waals surface area contributed by atoms with E-state index in [4.69, 9.17) is 0 Å².